The largest absolute Gasteiger partial charge is 0.489 e. The van der Waals surface area contributed by atoms with Crippen LogP contribution in [0, 0.1) is 23.7 Å². The average molecular weight is 398 g/mol. The summed E-state index contributed by atoms with van der Waals surface area (Å²) in [6, 6.07) is 6.01. The fourth-order valence-corrected chi connectivity index (χ4v) is 4.41. The molecule has 0 bridgehead atoms. The van der Waals surface area contributed by atoms with E-state index in [2.05, 4.69) is 11.8 Å². The van der Waals surface area contributed by atoms with Gasteiger partial charge < -0.3 is 20.1 Å². The van der Waals surface area contributed by atoms with Crippen LogP contribution in [-0.2, 0) is 11.2 Å². The Balaban J connectivity index is 1.75. The van der Waals surface area contributed by atoms with Gasteiger partial charge in [-0.15, -0.1) is 11.8 Å². The van der Waals surface area contributed by atoms with Crippen molar-refractivity contribution in [2.45, 2.75) is 70.2 Å². The maximum atomic E-state index is 10.8. The third kappa shape index (κ3) is 4.83. The minimum absolute atomic E-state index is 0.0287. The molecule has 1 aliphatic carbocycles. The van der Waals surface area contributed by atoms with Crippen LogP contribution in [0.25, 0.3) is 0 Å². The molecule has 3 N–H and O–H groups in total. The van der Waals surface area contributed by atoms with Gasteiger partial charge in [-0.1, -0.05) is 37.3 Å². The number of carbonyl (C=O) groups is 1. The van der Waals surface area contributed by atoms with Crippen LogP contribution in [0.3, 0.4) is 0 Å². The van der Waals surface area contributed by atoms with E-state index in [1.807, 2.05) is 31.2 Å². The first-order chi connectivity index (χ1) is 13.9. The normalized spacial score (nSPS) is 26.9. The van der Waals surface area contributed by atoms with E-state index in [0.717, 1.165) is 16.9 Å². The van der Waals surface area contributed by atoms with Gasteiger partial charge in [0.1, 0.15) is 11.9 Å². The summed E-state index contributed by atoms with van der Waals surface area (Å²) in [4.78, 5) is 10.8. The second-order valence-corrected chi connectivity index (χ2v) is 8.13. The number of hydrogen-bond acceptors (Lipinski definition) is 4. The Labute approximate surface area is 172 Å². The monoisotopic (exact) mass is 398 g/mol. The van der Waals surface area contributed by atoms with E-state index in [9.17, 15) is 15.0 Å². The third-order valence-electron chi connectivity index (χ3n) is 6.04. The molecule has 0 radical (unpaired) electrons. The maximum absolute atomic E-state index is 10.8. The molecule has 1 aromatic rings. The zero-order valence-electron chi connectivity index (χ0n) is 17.0. The Bertz CT molecular complexity index is 818. The highest BCUT2D eigenvalue weighted by Crippen LogP contribution is 2.52. The minimum atomic E-state index is -0.790. The van der Waals surface area contributed by atoms with Crippen molar-refractivity contribution in [2.24, 2.45) is 11.8 Å². The summed E-state index contributed by atoms with van der Waals surface area (Å²) in [5.41, 5.74) is 2.11. The van der Waals surface area contributed by atoms with Crippen LogP contribution in [0.5, 0.6) is 5.75 Å². The van der Waals surface area contributed by atoms with Crippen LogP contribution in [0.15, 0.2) is 30.4 Å². The van der Waals surface area contributed by atoms with Crippen LogP contribution >= 0.6 is 0 Å². The van der Waals surface area contributed by atoms with Crippen LogP contribution in [0.4, 0.5) is 0 Å². The number of aliphatic carboxylic acids is 1. The smallest absolute Gasteiger partial charge is 0.303 e. The highest BCUT2D eigenvalue weighted by molar-refractivity contribution is 5.66. The summed E-state index contributed by atoms with van der Waals surface area (Å²) in [5.74, 6) is 5.87. The van der Waals surface area contributed by atoms with Crippen molar-refractivity contribution in [1.82, 2.24) is 0 Å². The number of benzene rings is 1. The molecule has 1 heterocycles. The van der Waals surface area contributed by atoms with Gasteiger partial charge in [0.25, 0.3) is 0 Å². The van der Waals surface area contributed by atoms with Gasteiger partial charge in [-0.2, -0.15) is 0 Å². The topological polar surface area (TPSA) is 87.0 Å². The molecule has 156 valence electrons. The molecule has 2 aliphatic rings. The summed E-state index contributed by atoms with van der Waals surface area (Å²) in [7, 11) is 0. The lowest BCUT2D eigenvalue weighted by atomic mass is 9.86. The van der Waals surface area contributed by atoms with E-state index in [0.29, 0.717) is 25.7 Å². The first kappa shape index (κ1) is 21.4. The Kier molecular flexibility index (Phi) is 7.00. The molecule has 0 saturated heterocycles. The summed E-state index contributed by atoms with van der Waals surface area (Å²) >= 11 is 0. The Morgan fingerprint density at radius 3 is 2.93 bits per heavy atom. The van der Waals surface area contributed by atoms with E-state index in [4.69, 9.17) is 9.84 Å². The van der Waals surface area contributed by atoms with Gasteiger partial charge in [0.2, 0.25) is 0 Å². The number of fused-ring (bicyclic) bond motifs is 3. The van der Waals surface area contributed by atoms with E-state index in [-0.39, 0.29) is 30.3 Å². The molecule has 1 fully saturated rings. The van der Waals surface area contributed by atoms with Gasteiger partial charge in [0.15, 0.2) is 0 Å². The third-order valence-corrected chi connectivity index (χ3v) is 6.04. The second-order valence-electron chi connectivity index (χ2n) is 8.13. The summed E-state index contributed by atoms with van der Waals surface area (Å²) < 4.78 is 6.21. The van der Waals surface area contributed by atoms with Crippen molar-refractivity contribution in [3.63, 3.8) is 0 Å². The van der Waals surface area contributed by atoms with Gasteiger partial charge in [-0.3, -0.25) is 4.79 Å². The quantitative estimate of drug-likeness (QED) is 0.462. The summed E-state index contributed by atoms with van der Waals surface area (Å²) in [6.45, 7) is 3.75. The predicted molar refractivity (Wildman–Crippen MR) is 111 cm³/mol. The molecular weight excluding hydrogens is 368 g/mol. The number of carboxylic acids is 1. The number of carboxylic acid groups (broad SMARTS) is 1. The molecule has 1 saturated carbocycles. The molecule has 29 heavy (non-hydrogen) atoms. The fraction of sp³-hybridized carbons (Fsp3) is 0.542. The number of aliphatic hydroxyl groups excluding tert-OH is 2. The highest BCUT2D eigenvalue weighted by atomic mass is 16.5. The van der Waals surface area contributed by atoms with Crippen LogP contribution < -0.4 is 4.74 Å². The molecule has 0 aromatic heterocycles. The van der Waals surface area contributed by atoms with Gasteiger partial charge in [0.05, 0.1) is 12.2 Å². The number of hydrogen-bond donors (Lipinski definition) is 3. The van der Waals surface area contributed by atoms with Crippen LogP contribution in [0.1, 0.15) is 56.6 Å². The summed E-state index contributed by atoms with van der Waals surface area (Å²) in [5, 5.41) is 29.9. The molecule has 6 atom stereocenters. The lowest BCUT2D eigenvalue weighted by molar-refractivity contribution is -0.137. The predicted octanol–water partition coefficient (Wildman–Crippen LogP) is 3.29. The molecule has 5 heteroatoms. The van der Waals surface area contributed by atoms with E-state index in [1.54, 1.807) is 13.0 Å². The number of ether oxygens (including phenoxy) is 1. The van der Waals surface area contributed by atoms with Gasteiger partial charge >= 0.3 is 5.97 Å². The lowest BCUT2D eigenvalue weighted by Gasteiger charge is -2.19. The molecular formula is C24H30O5. The van der Waals surface area contributed by atoms with Gasteiger partial charge in [0, 0.05) is 36.7 Å². The number of aliphatic hydroxyl groups is 2. The highest BCUT2D eigenvalue weighted by Gasteiger charge is 2.48. The van der Waals surface area contributed by atoms with Crippen molar-refractivity contribution in [3.05, 3.63) is 41.5 Å². The van der Waals surface area contributed by atoms with Crippen LogP contribution in [-0.4, -0.2) is 39.6 Å². The van der Waals surface area contributed by atoms with Crippen molar-refractivity contribution in [1.29, 1.82) is 0 Å². The Morgan fingerprint density at radius 2 is 2.21 bits per heavy atom. The molecule has 1 aliphatic heterocycles. The molecule has 0 unspecified atom stereocenters. The lowest BCUT2D eigenvalue weighted by Crippen LogP contribution is -2.19. The summed E-state index contributed by atoms with van der Waals surface area (Å²) in [6.07, 6.45) is 5.07. The standard InChI is InChI=1S/C24H30O5/c1-3-4-7-15(2)19(25)13-12-17-20(26)14-21-23(17)18-10-5-8-16(24(18)29-21)9-6-11-22(27)28/h5,8,10,12-13,15,17,19-21,23,25-26H,6-7,9,11,14H2,1-2H3,(H,27,28)/b13-12+/t15-,17+,19-,20+,21+,23-/m0/s1. The van der Waals surface area contributed by atoms with Gasteiger partial charge in [-0.05, 0) is 31.2 Å². The molecule has 5 nitrogen and oxygen atoms in total. The number of para-hydroxylation sites is 1. The molecule has 3 rings (SSSR count). The fourth-order valence-electron chi connectivity index (χ4n) is 4.41. The minimum Gasteiger partial charge on any atom is -0.489 e. The molecule has 1 aromatic carbocycles. The zero-order valence-corrected chi connectivity index (χ0v) is 17.0. The average Bonchev–Trinajstić information content (AvgIpc) is 3.19. The van der Waals surface area contributed by atoms with E-state index >= 15 is 0 Å². The Morgan fingerprint density at radius 1 is 1.41 bits per heavy atom. The SMILES string of the molecule is CC#CC[C@H](C)[C@@H](O)/C=C/[C@H]1[C@H]2c3cccc(CCCC(=O)O)c3O[C@@H]2C[C@H]1O. The maximum Gasteiger partial charge on any atom is 0.303 e. The van der Waals surface area contributed by atoms with Crippen molar-refractivity contribution in [3.8, 4) is 17.6 Å². The van der Waals surface area contributed by atoms with Gasteiger partial charge in [-0.25, -0.2) is 0 Å². The first-order valence-electron chi connectivity index (χ1n) is 10.4. The number of rotatable bonds is 8. The Hall–Kier alpha value is -2.29. The first-order valence-corrected chi connectivity index (χ1v) is 10.4. The molecule has 0 spiro atoms. The van der Waals surface area contributed by atoms with Crippen molar-refractivity contribution in [2.75, 3.05) is 0 Å². The van der Waals surface area contributed by atoms with E-state index in [1.165, 1.54) is 0 Å². The van der Waals surface area contributed by atoms with E-state index < -0.39 is 18.2 Å². The van der Waals surface area contributed by atoms with Crippen molar-refractivity contribution < 1.29 is 24.9 Å². The molecule has 0 amide bonds. The number of aryl methyl sites for hydroxylation is 1. The zero-order chi connectivity index (χ0) is 21.0. The second kappa shape index (κ2) is 9.47. The van der Waals surface area contributed by atoms with Crippen LogP contribution in [0.2, 0.25) is 0 Å². The van der Waals surface area contributed by atoms with Crippen molar-refractivity contribution >= 4 is 5.97 Å².